The number of imidazole rings is 1. The zero-order valence-corrected chi connectivity index (χ0v) is 12.6. The lowest BCUT2D eigenvalue weighted by Gasteiger charge is -2.11. The minimum Gasteiger partial charge on any atom is -0.298 e. The standard InChI is InChI=1S/C21H16N2/c1-3-9-17(10-4-1)15-21(18-11-5-2-6-12-18)23-16-22-19-13-7-8-14-20(19)23/h1-16H/b21-15+. The van der Waals surface area contributed by atoms with Crippen LogP contribution in [0.5, 0.6) is 0 Å². The molecule has 1 aromatic heterocycles. The fourth-order valence-corrected chi connectivity index (χ4v) is 2.76. The van der Waals surface area contributed by atoms with Gasteiger partial charge in [-0.2, -0.15) is 0 Å². The Kier molecular flexibility index (Phi) is 3.49. The molecule has 0 saturated carbocycles. The van der Waals surface area contributed by atoms with Gasteiger partial charge in [0.05, 0.1) is 16.7 Å². The molecule has 4 rings (SSSR count). The lowest BCUT2D eigenvalue weighted by Crippen LogP contribution is -1.97. The maximum atomic E-state index is 4.53. The molecule has 23 heavy (non-hydrogen) atoms. The summed E-state index contributed by atoms with van der Waals surface area (Å²) in [6, 6.07) is 29.0. The summed E-state index contributed by atoms with van der Waals surface area (Å²) < 4.78 is 2.15. The van der Waals surface area contributed by atoms with Crippen LogP contribution in [0, 0.1) is 0 Å². The van der Waals surface area contributed by atoms with Crippen LogP contribution in [-0.2, 0) is 0 Å². The van der Waals surface area contributed by atoms with E-state index in [2.05, 4.69) is 70.2 Å². The highest BCUT2D eigenvalue weighted by Crippen LogP contribution is 2.24. The normalized spacial score (nSPS) is 11.7. The molecule has 0 amide bonds. The van der Waals surface area contributed by atoms with Crippen molar-refractivity contribution in [3.8, 4) is 0 Å². The van der Waals surface area contributed by atoms with Crippen LogP contribution in [0.15, 0.2) is 91.3 Å². The first-order chi connectivity index (χ1) is 11.4. The number of para-hydroxylation sites is 2. The summed E-state index contributed by atoms with van der Waals surface area (Å²) in [5, 5.41) is 0. The van der Waals surface area contributed by atoms with Crippen molar-refractivity contribution in [2.75, 3.05) is 0 Å². The van der Waals surface area contributed by atoms with Crippen LogP contribution in [0.3, 0.4) is 0 Å². The van der Waals surface area contributed by atoms with E-state index >= 15 is 0 Å². The maximum absolute atomic E-state index is 4.53. The predicted molar refractivity (Wildman–Crippen MR) is 95.9 cm³/mol. The molecule has 0 aliphatic carbocycles. The number of aromatic nitrogens is 2. The maximum Gasteiger partial charge on any atom is 0.100 e. The Balaban J connectivity index is 1.94. The molecular weight excluding hydrogens is 280 g/mol. The van der Waals surface area contributed by atoms with E-state index in [1.165, 1.54) is 11.1 Å². The quantitative estimate of drug-likeness (QED) is 0.482. The summed E-state index contributed by atoms with van der Waals surface area (Å²) in [5.41, 5.74) is 5.56. The Morgan fingerprint density at radius 3 is 2.17 bits per heavy atom. The first-order valence-corrected chi connectivity index (χ1v) is 7.66. The first kappa shape index (κ1) is 13.5. The molecule has 0 fully saturated rings. The van der Waals surface area contributed by atoms with Gasteiger partial charge in [0.1, 0.15) is 6.33 Å². The Morgan fingerprint density at radius 1 is 0.739 bits per heavy atom. The van der Waals surface area contributed by atoms with Crippen molar-refractivity contribution in [3.63, 3.8) is 0 Å². The number of fused-ring (bicyclic) bond motifs is 1. The van der Waals surface area contributed by atoms with E-state index in [9.17, 15) is 0 Å². The number of benzene rings is 3. The van der Waals surface area contributed by atoms with Crippen LogP contribution in [0.1, 0.15) is 11.1 Å². The van der Waals surface area contributed by atoms with Crippen LogP contribution >= 0.6 is 0 Å². The molecule has 0 aliphatic rings. The number of hydrogen-bond donors (Lipinski definition) is 0. The van der Waals surface area contributed by atoms with Crippen LogP contribution < -0.4 is 0 Å². The molecule has 0 spiro atoms. The summed E-state index contributed by atoms with van der Waals surface area (Å²) in [7, 11) is 0. The van der Waals surface area contributed by atoms with Crippen molar-refractivity contribution < 1.29 is 0 Å². The average Bonchev–Trinajstić information content (AvgIpc) is 3.05. The summed E-state index contributed by atoms with van der Waals surface area (Å²) in [6.07, 6.45) is 4.09. The van der Waals surface area contributed by atoms with Crippen molar-refractivity contribution in [1.29, 1.82) is 0 Å². The number of nitrogens with zero attached hydrogens (tertiary/aromatic N) is 2. The SMILES string of the molecule is C(=C(/c1ccccc1)n1cnc2ccccc21)/c1ccccc1. The van der Waals surface area contributed by atoms with Gasteiger partial charge in [-0.25, -0.2) is 4.98 Å². The highest BCUT2D eigenvalue weighted by atomic mass is 15.1. The van der Waals surface area contributed by atoms with Crippen LogP contribution in [-0.4, -0.2) is 9.55 Å². The highest BCUT2D eigenvalue weighted by molar-refractivity contribution is 5.88. The van der Waals surface area contributed by atoms with Gasteiger partial charge in [-0.3, -0.25) is 4.57 Å². The van der Waals surface area contributed by atoms with E-state index in [1.807, 2.05) is 36.7 Å². The first-order valence-electron chi connectivity index (χ1n) is 7.66. The molecule has 0 atom stereocenters. The zero-order chi connectivity index (χ0) is 15.5. The van der Waals surface area contributed by atoms with E-state index in [-0.39, 0.29) is 0 Å². The minimum absolute atomic E-state index is 1.00. The molecule has 0 N–H and O–H groups in total. The van der Waals surface area contributed by atoms with E-state index in [4.69, 9.17) is 0 Å². The number of rotatable bonds is 3. The second-order valence-electron chi connectivity index (χ2n) is 5.41. The Hall–Kier alpha value is -3.13. The van der Waals surface area contributed by atoms with Crippen LogP contribution in [0.4, 0.5) is 0 Å². The van der Waals surface area contributed by atoms with Gasteiger partial charge < -0.3 is 0 Å². The molecule has 110 valence electrons. The van der Waals surface area contributed by atoms with Gasteiger partial charge in [0.15, 0.2) is 0 Å². The van der Waals surface area contributed by atoms with Gasteiger partial charge in [0, 0.05) is 0 Å². The van der Waals surface area contributed by atoms with E-state index in [0.29, 0.717) is 0 Å². The molecule has 0 aliphatic heterocycles. The summed E-state index contributed by atoms with van der Waals surface area (Å²) >= 11 is 0. The Bertz CT molecular complexity index is 951. The summed E-state index contributed by atoms with van der Waals surface area (Å²) in [6.45, 7) is 0. The smallest absolute Gasteiger partial charge is 0.100 e. The summed E-state index contributed by atoms with van der Waals surface area (Å²) in [4.78, 5) is 4.53. The second kappa shape index (κ2) is 5.93. The van der Waals surface area contributed by atoms with Crippen molar-refractivity contribution in [3.05, 3.63) is 102 Å². The third kappa shape index (κ3) is 2.67. The van der Waals surface area contributed by atoms with Gasteiger partial charge in [-0.15, -0.1) is 0 Å². The van der Waals surface area contributed by atoms with Crippen LogP contribution in [0.25, 0.3) is 22.8 Å². The van der Waals surface area contributed by atoms with Gasteiger partial charge in [0.2, 0.25) is 0 Å². The highest BCUT2D eigenvalue weighted by Gasteiger charge is 2.08. The van der Waals surface area contributed by atoms with Crippen LogP contribution in [0.2, 0.25) is 0 Å². The van der Waals surface area contributed by atoms with Gasteiger partial charge in [-0.05, 0) is 29.3 Å². The molecular formula is C21H16N2. The fourth-order valence-electron chi connectivity index (χ4n) is 2.76. The summed E-state index contributed by atoms with van der Waals surface area (Å²) in [5.74, 6) is 0. The lowest BCUT2D eigenvalue weighted by molar-refractivity contribution is 1.13. The molecule has 3 aromatic carbocycles. The molecule has 0 radical (unpaired) electrons. The lowest BCUT2D eigenvalue weighted by atomic mass is 10.1. The molecule has 2 nitrogen and oxygen atoms in total. The monoisotopic (exact) mass is 296 g/mol. The molecule has 1 heterocycles. The van der Waals surface area contributed by atoms with Gasteiger partial charge in [0.25, 0.3) is 0 Å². The molecule has 4 aromatic rings. The predicted octanol–water partition coefficient (Wildman–Crippen LogP) is 5.08. The van der Waals surface area contributed by atoms with Crippen molar-refractivity contribution in [2.45, 2.75) is 0 Å². The average molecular weight is 296 g/mol. The largest absolute Gasteiger partial charge is 0.298 e. The van der Waals surface area contributed by atoms with Crippen molar-refractivity contribution in [1.82, 2.24) is 9.55 Å². The van der Waals surface area contributed by atoms with E-state index in [1.54, 1.807) is 0 Å². The second-order valence-corrected chi connectivity index (χ2v) is 5.41. The third-order valence-electron chi connectivity index (χ3n) is 3.89. The molecule has 0 saturated heterocycles. The molecule has 0 bridgehead atoms. The van der Waals surface area contributed by atoms with Crippen molar-refractivity contribution in [2.24, 2.45) is 0 Å². The number of hydrogen-bond acceptors (Lipinski definition) is 1. The Morgan fingerprint density at radius 2 is 1.39 bits per heavy atom. The third-order valence-corrected chi connectivity index (χ3v) is 3.89. The van der Waals surface area contributed by atoms with Gasteiger partial charge >= 0.3 is 0 Å². The topological polar surface area (TPSA) is 17.8 Å². The Labute approximate surface area is 135 Å². The minimum atomic E-state index is 1.00. The molecule has 2 heteroatoms. The molecule has 0 unspecified atom stereocenters. The fraction of sp³-hybridized carbons (Fsp3) is 0. The van der Waals surface area contributed by atoms with E-state index < -0.39 is 0 Å². The van der Waals surface area contributed by atoms with E-state index in [0.717, 1.165) is 16.7 Å². The zero-order valence-electron chi connectivity index (χ0n) is 12.6. The van der Waals surface area contributed by atoms with Gasteiger partial charge in [-0.1, -0.05) is 72.8 Å². The van der Waals surface area contributed by atoms with Crippen molar-refractivity contribution >= 4 is 22.8 Å².